The van der Waals surface area contributed by atoms with Gasteiger partial charge in [-0.15, -0.1) is 0 Å². The molecule has 0 radical (unpaired) electrons. The number of rotatable bonds is 3. The smallest absolute Gasteiger partial charge is 0.326 e. The van der Waals surface area contributed by atoms with Crippen LogP contribution in [0.3, 0.4) is 0 Å². The van der Waals surface area contributed by atoms with E-state index in [1.807, 2.05) is 0 Å². The lowest BCUT2D eigenvalue weighted by molar-refractivity contribution is -0.119. The van der Waals surface area contributed by atoms with Crippen LogP contribution in [0.25, 0.3) is 11.0 Å². The van der Waals surface area contributed by atoms with Gasteiger partial charge in [0.25, 0.3) is 0 Å². The molecule has 0 spiro atoms. The van der Waals surface area contributed by atoms with Crippen LogP contribution in [0.15, 0.2) is 23.0 Å². The maximum Gasteiger partial charge on any atom is 0.326 e. The minimum atomic E-state index is -0.160. The number of carbonyl (C=O) groups is 2. The predicted molar refractivity (Wildman–Crippen MR) is 73.9 cm³/mol. The van der Waals surface area contributed by atoms with Gasteiger partial charge in [-0.25, -0.2) is 4.79 Å². The summed E-state index contributed by atoms with van der Waals surface area (Å²) in [5.74, 6) is 0. The summed E-state index contributed by atoms with van der Waals surface area (Å²) < 4.78 is 1.74. The molecule has 1 N–H and O–H groups in total. The zero-order valence-corrected chi connectivity index (χ0v) is 10.9. The van der Waals surface area contributed by atoms with Crippen LogP contribution in [0, 0.1) is 0 Å². The summed E-state index contributed by atoms with van der Waals surface area (Å²) in [7, 11) is 0. The molecular weight excluding hydrogens is 258 g/mol. The molecule has 0 saturated carbocycles. The third kappa shape index (κ3) is 2.03. The molecule has 0 bridgehead atoms. The van der Waals surface area contributed by atoms with Crippen molar-refractivity contribution in [1.29, 1.82) is 0 Å². The van der Waals surface area contributed by atoms with Crippen molar-refractivity contribution in [3.63, 3.8) is 0 Å². The normalized spacial score (nSPS) is 16.5. The summed E-state index contributed by atoms with van der Waals surface area (Å²) in [6.45, 7) is 1.33. The summed E-state index contributed by atoms with van der Waals surface area (Å²) in [6, 6.07) is 5.28. The average molecular weight is 273 g/mol. The lowest BCUT2D eigenvalue weighted by Gasteiger charge is -2.29. The number of H-pyrrole nitrogens is 1. The number of aldehydes is 1. The Labute approximate surface area is 115 Å². The van der Waals surface area contributed by atoms with Crippen LogP contribution in [0.2, 0.25) is 0 Å². The zero-order valence-electron chi connectivity index (χ0n) is 10.9. The van der Waals surface area contributed by atoms with Gasteiger partial charge in [-0.05, 0) is 31.0 Å². The number of aromatic nitrogens is 2. The molecule has 104 valence electrons. The molecule has 0 unspecified atom stereocenters. The molecule has 1 saturated heterocycles. The predicted octanol–water partition coefficient (Wildman–Crippen LogP) is 0.935. The Balaban J connectivity index is 1.99. The minimum Gasteiger partial charge on any atom is -0.345 e. The number of benzene rings is 1. The average Bonchev–Trinajstić information content (AvgIpc) is 2.82. The first kappa shape index (κ1) is 12.7. The first-order valence-corrected chi connectivity index (χ1v) is 6.61. The van der Waals surface area contributed by atoms with E-state index in [4.69, 9.17) is 0 Å². The molecule has 2 heterocycles. The Kier molecular flexibility index (Phi) is 3.14. The number of amides is 1. The van der Waals surface area contributed by atoms with Crippen LogP contribution in [-0.4, -0.2) is 40.2 Å². The Morgan fingerprint density at radius 3 is 2.60 bits per heavy atom. The number of hydrogen-bond donors (Lipinski definition) is 1. The molecule has 1 fully saturated rings. The van der Waals surface area contributed by atoms with Crippen LogP contribution in [-0.2, 0) is 4.79 Å². The van der Waals surface area contributed by atoms with Crippen molar-refractivity contribution < 1.29 is 9.59 Å². The van der Waals surface area contributed by atoms with E-state index in [-0.39, 0.29) is 11.7 Å². The van der Waals surface area contributed by atoms with Crippen LogP contribution < -0.4 is 5.69 Å². The molecule has 1 aliphatic rings. The third-order valence-corrected chi connectivity index (χ3v) is 3.89. The van der Waals surface area contributed by atoms with Crippen LogP contribution in [0.1, 0.15) is 29.2 Å². The lowest BCUT2D eigenvalue weighted by Crippen LogP contribution is -2.36. The Hall–Kier alpha value is -2.37. The minimum absolute atomic E-state index is 0.0922. The first-order chi connectivity index (χ1) is 9.72. The van der Waals surface area contributed by atoms with Crippen LogP contribution in [0.4, 0.5) is 0 Å². The molecule has 6 heteroatoms. The number of aromatic amines is 1. The maximum atomic E-state index is 12.1. The summed E-state index contributed by atoms with van der Waals surface area (Å²) >= 11 is 0. The third-order valence-electron chi connectivity index (χ3n) is 3.89. The molecule has 1 amide bonds. The molecule has 1 aromatic carbocycles. The molecule has 1 aliphatic heterocycles. The second-order valence-corrected chi connectivity index (χ2v) is 5.07. The number of nitrogens with one attached hydrogen (secondary N) is 1. The van der Waals surface area contributed by atoms with E-state index in [1.54, 1.807) is 27.7 Å². The van der Waals surface area contributed by atoms with Crippen LogP contribution >= 0.6 is 0 Å². The van der Waals surface area contributed by atoms with Crippen molar-refractivity contribution in [3.05, 3.63) is 34.2 Å². The highest BCUT2D eigenvalue weighted by molar-refractivity contribution is 5.84. The van der Waals surface area contributed by atoms with Gasteiger partial charge in [-0.3, -0.25) is 14.2 Å². The van der Waals surface area contributed by atoms with Gasteiger partial charge in [0.2, 0.25) is 6.41 Å². The quantitative estimate of drug-likeness (QED) is 0.845. The molecule has 1 aromatic heterocycles. The lowest BCUT2D eigenvalue weighted by atomic mass is 10.0. The van der Waals surface area contributed by atoms with Crippen molar-refractivity contribution in [2.75, 3.05) is 13.1 Å². The fraction of sp³-hybridized carbons (Fsp3) is 0.357. The van der Waals surface area contributed by atoms with Gasteiger partial charge in [0, 0.05) is 24.7 Å². The van der Waals surface area contributed by atoms with Crippen molar-refractivity contribution in [2.24, 2.45) is 0 Å². The largest absolute Gasteiger partial charge is 0.345 e. The van der Waals surface area contributed by atoms with E-state index < -0.39 is 0 Å². The fourth-order valence-electron chi connectivity index (χ4n) is 2.83. The van der Waals surface area contributed by atoms with Crippen molar-refractivity contribution in [1.82, 2.24) is 14.5 Å². The Bertz CT molecular complexity index is 708. The van der Waals surface area contributed by atoms with E-state index in [2.05, 4.69) is 4.98 Å². The van der Waals surface area contributed by atoms with E-state index >= 15 is 0 Å². The summed E-state index contributed by atoms with van der Waals surface area (Å²) in [5.41, 5.74) is 1.87. The van der Waals surface area contributed by atoms with E-state index in [9.17, 15) is 14.4 Å². The fourth-order valence-corrected chi connectivity index (χ4v) is 2.83. The number of likely N-dealkylation sites (tertiary alicyclic amines) is 1. The number of hydrogen-bond acceptors (Lipinski definition) is 3. The van der Waals surface area contributed by atoms with Gasteiger partial charge < -0.3 is 9.88 Å². The van der Waals surface area contributed by atoms with Gasteiger partial charge in [0.1, 0.15) is 6.29 Å². The Morgan fingerprint density at radius 1 is 1.20 bits per heavy atom. The Morgan fingerprint density at radius 2 is 1.95 bits per heavy atom. The summed E-state index contributed by atoms with van der Waals surface area (Å²) in [6.07, 6.45) is 3.14. The second kappa shape index (κ2) is 4.96. The molecule has 6 nitrogen and oxygen atoms in total. The SMILES string of the molecule is O=Cc1ccc2c(c1)[nH]c(=O)n2C1CCN(C=O)CC1. The van der Waals surface area contributed by atoms with Crippen molar-refractivity contribution >= 4 is 23.7 Å². The maximum absolute atomic E-state index is 12.1. The number of nitrogens with zero attached hydrogens (tertiary/aromatic N) is 2. The highest BCUT2D eigenvalue weighted by Crippen LogP contribution is 2.24. The molecule has 0 aliphatic carbocycles. The van der Waals surface area contributed by atoms with E-state index in [1.165, 1.54) is 0 Å². The number of imidazole rings is 1. The zero-order chi connectivity index (χ0) is 14.1. The van der Waals surface area contributed by atoms with Gasteiger partial charge >= 0.3 is 5.69 Å². The van der Waals surface area contributed by atoms with Gasteiger partial charge in [-0.2, -0.15) is 0 Å². The molecule has 0 atom stereocenters. The van der Waals surface area contributed by atoms with Crippen molar-refractivity contribution in [2.45, 2.75) is 18.9 Å². The summed E-state index contributed by atoms with van der Waals surface area (Å²) in [5, 5.41) is 0. The van der Waals surface area contributed by atoms with Gasteiger partial charge in [-0.1, -0.05) is 0 Å². The van der Waals surface area contributed by atoms with Crippen LogP contribution in [0.5, 0.6) is 0 Å². The molecule has 20 heavy (non-hydrogen) atoms. The summed E-state index contributed by atoms with van der Waals surface area (Å²) in [4.78, 5) is 38.1. The highest BCUT2D eigenvalue weighted by Gasteiger charge is 2.22. The first-order valence-electron chi connectivity index (χ1n) is 6.61. The monoisotopic (exact) mass is 273 g/mol. The number of piperidine rings is 1. The molecule has 3 rings (SSSR count). The second-order valence-electron chi connectivity index (χ2n) is 5.07. The number of fused-ring (bicyclic) bond motifs is 1. The van der Waals surface area contributed by atoms with E-state index in [0.717, 1.165) is 31.1 Å². The standard InChI is InChI=1S/C14H15N3O3/c18-8-10-1-2-13-12(7-10)15-14(20)17(13)11-3-5-16(9-19)6-4-11/h1-2,7-9,11H,3-6H2,(H,15,20). The number of carbonyl (C=O) groups excluding carboxylic acids is 2. The highest BCUT2D eigenvalue weighted by atomic mass is 16.1. The molecule has 2 aromatic rings. The van der Waals surface area contributed by atoms with Gasteiger partial charge in [0.05, 0.1) is 11.0 Å². The van der Waals surface area contributed by atoms with E-state index in [0.29, 0.717) is 24.2 Å². The molecular formula is C14H15N3O3. The topological polar surface area (TPSA) is 75.2 Å². The van der Waals surface area contributed by atoms with Gasteiger partial charge in [0.15, 0.2) is 0 Å². The van der Waals surface area contributed by atoms with Crippen molar-refractivity contribution in [3.8, 4) is 0 Å².